The molecule has 1 heterocycles. The average Bonchev–Trinajstić information content (AvgIpc) is 2.94. The minimum atomic E-state index is -0.716. The highest BCUT2D eigenvalue weighted by atomic mass is 35.5. The minimum Gasteiger partial charge on any atom is -0.492 e. The summed E-state index contributed by atoms with van der Waals surface area (Å²) in [5, 5.41) is 5.42. The van der Waals surface area contributed by atoms with Gasteiger partial charge in [-0.3, -0.25) is 9.59 Å². The number of hydrogen-bond donors (Lipinski definition) is 1. The van der Waals surface area contributed by atoms with Crippen LogP contribution in [0.1, 0.15) is 18.5 Å². The number of ether oxygens (including phenoxy) is 1. The molecule has 0 radical (unpaired) electrons. The molecule has 4 rings (SSSR count). The maximum absolute atomic E-state index is 12.9. The van der Waals surface area contributed by atoms with Crippen LogP contribution in [0.5, 0.6) is 5.75 Å². The van der Waals surface area contributed by atoms with Crippen molar-refractivity contribution in [3.05, 3.63) is 71.2 Å². The predicted octanol–water partition coefficient (Wildman–Crippen LogP) is 4.10. The lowest BCUT2D eigenvalue weighted by atomic mass is 10.1. The third-order valence-electron chi connectivity index (χ3n) is 4.76. The Morgan fingerprint density at radius 1 is 1.11 bits per heavy atom. The van der Waals surface area contributed by atoms with Crippen LogP contribution in [0.4, 0.5) is 5.69 Å². The normalized spacial score (nSPS) is 15.6. The maximum Gasteiger partial charge on any atom is 0.254 e. The predicted molar refractivity (Wildman–Crippen MR) is 110 cm³/mol. The minimum absolute atomic E-state index is 0.208. The third kappa shape index (κ3) is 3.41. The molecule has 2 amide bonds. The van der Waals surface area contributed by atoms with Gasteiger partial charge < -0.3 is 15.0 Å². The highest BCUT2D eigenvalue weighted by molar-refractivity contribution is 6.34. The number of hydrogen-bond acceptors (Lipinski definition) is 3. The van der Waals surface area contributed by atoms with Crippen LogP contribution < -0.4 is 15.0 Å². The molecule has 1 aliphatic rings. The summed E-state index contributed by atoms with van der Waals surface area (Å²) >= 11 is 6.35. The second kappa shape index (κ2) is 7.52. The fourth-order valence-corrected chi connectivity index (χ4v) is 3.81. The summed E-state index contributed by atoms with van der Waals surface area (Å²) in [5.74, 6) is 0.266. The van der Waals surface area contributed by atoms with Crippen molar-refractivity contribution in [3.8, 4) is 5.75 Å². The van der Waals surface area contributed by atoms with E-state index in [1.54, 1.807) is 17.0 Å². The first-order chi connectivity index (χ1) is 13.5. The molecule has 0 aliphatic carbocycles. The highest BCUT2D eigenvalue weighted by Crippen LogP contribution is 2.40. The summed E-state index contributed by atoms with van der Waals surface area (Å²) in [6, 6.07) is 18.5. The zero-order valence-electron chi connectivity index (χ0n) is 15.3. The Kier molecular flexibility index (Phi) is 4.92. The van der Waals surface area contributed by atoms with E-state index in [0.29, 0.717) is 29.4 Å². The van der Waals surface area contributed by atoms with Gasteiger partial charge in [0.05, 0.1) is 17.3 Å². The monoisotopic (exact) mass is 394 g/mol. The third-order valence-corrected chi connectivity index (χ3v) is 5.07. The first kappa shape index (κ1) is 18.3. The van der Waals surface area contributed by atoms with Crippen molar-refractivity contribution in [3.63, 3.8) is 0 Å². The quantitative estimate of drug-likeness (QED) is 0.708. The molecule has 5 nitrogen and oxygen atoms in total. The molecule has 0 aromatic heterocycles. The molecule has 1 aliphatic heterocycles. The summed E-state index contributed by atoms with van der Waals surface area (Å²) in [6.45, 7) is 2.03. The fourth-order valence-electron chi connectivity index (χ4n) is 3.53. The van der Waals surface area contributed by atoms with E-state index in [1.165, 1.54) is 6.92 Å². The Bertz CT molecular complexity index is 1070. The first-order valence-electron chi connectivity index (χ1n) is 9.03. The van der Waals surface area contributed by atoms with Gasteiger partial charge in [-0.1, -0.05) is 54.1 Å². The van der Waals surface area contributed by atoms with Crippen LogP contribution >= 0.6 is 11.6 Å². The molecular weight excluding hydrogens is 376 g/mol. The number of amides is 2. The molecule has 3 aromatic carbocycles. The van der Waals surface area contributed by atoms with Crippen LogP contribution in [0.2, 0.25) is 5.02 Å². The van der Waals surface area contributed by atoms with Gasteiger partial charge in [-0.15, -0.1) is 0 Å². The summed E-state index contributed by atoms with van der Waals surface area (Å²) in [7, 11) is 0. The number of nitrogens with one attached hydrogen (secondary N) is 1. The van der Waals surface area contributed by atoms with E-state index in [0.717, 1.165) is 16.5 Å². The zero-order chi connectivity index (χ0) is 19.7. The first-order valence-corrected chi connectivity index (χ1v) is 9.41. The smallest absolute Gasteiger partial charge is 0.254 e. The van der Waals surface area contributed by atoms with Crippen molar-refractivity contribution in [2.75, 3.05) is 18.1 Å². The number of carbonyl (C=O) groups excluding carboxylic acids is 2. The van der Waals surface area contributed by atoms with Crippen LogP contribution in [-0.2, 0) is 9.59 Å². The molecule has 0 saturated heterocycles. The van der Waals surface area contributed by atoms with Gasteiger partial charge in [0, 0.05) is 12.5 Å². The number of halogens is 1. The second-order valence-electron chi connectivity index (χ2n) is 6.66. The summed E-state index contributed by atoms with van der Waals surface area (Å²) in [4.78, 5) is 26.0. The molecule has 1 N–H and O–H groups in total. The van der Waals surface area contributed by atoms with Gasteiger partial charge in [-0.05, 0) is 29.0 Å². The molecule has 1 unspecified atom stereocenters. The van der Waals surface area contributed by atoms with Crippen molar-refractivity contribution >= 4 is 39.9 Å². The Morgan fingerprint density at radius 2 is 1.89 bits per heavy atom. The van der Waals surface area contributed by atoms with E-state index < -0.39 is 6.04 Å². The van der Waals surface area contributed by atoms with Crippen LogP contribution in [-0.4, -0.2) is 25.0 Å². The summed E-state index contributed by atoms with van der Waals surface area (Å²) in [6.07, 6.45) is 0. The van der Waals surface area contributed by atoms with Gasteiger partial charge >= 0.3 is 0 Å². The molecule has 142 valence electrons. The Labute approximate surface area is 167 Å². The van der Waals surface area contributed by atoms with Gasteiger partial charge in [0.1, 0.15) is 18.4 Å². The molecule has 1 atom stereocenters. The lowest BCUT2D eigenvalue weighted by Crippen LogP contribution is -2.38. The van der Waals surface area contributed by atoms with Crippen molar-refractivity contribution < 1.29 is 14.3 Å². The molecule has 0 spiro atoms. The van der Waals surface area contributed by atoms with Gasteiger partial charge in [-0.2, -0.15) is 0 Å². The SMILES string of the molecule is CC(=O)NC1C(=O)N(CCOc2ccc3ccccc3c2)c2c(Cl)cccc21. The molecule has 6 heteroatoms. The topological polar surface area (TPSA) is 58.6 Å². The highest BCUT2D eigenvalue weighted by Gasteiger charge is 2.39. The molecule has 3 aromatic rings. The number of rotatable bonds is 5. The van der Waals surface area contributed by atoms with E-state index in [1.807, 2.05) is 48.5 Å². The van der Waals surface area contributed by atoms with Gasteiger partial charge in [0.2, 0.25) is 5.91 Å². The van der Waals surface area contributed by atoms with Crippen molar-refractivity contribution in [1.82, 2.24) is 5.32 Å². The molecule has 28 heavy (non-hydrogen) atoms. The number of anilines is 1. The number of carbonyl (C=O) groups is 2. The van der Waals surface area contributed by atoms with Crippen LogP contribution in [0, 0.1) is 0 Å². The van der Waals surface area contributed by atoms with Crippen molar-refractivity contribution in [2.24, 2.45) is 0 Å². The van der Waals surface area contributed by atoms with E-state index in [-0.39, 0.29) is 11.8 Å². The number of fused-ring (bicyclic) bond motifs is 2. The lowest BCUT2D eigenvalue weighted by molar-refractivity contribution is -0.126. The number of benzene rings is 3. The number of para-hydroxylation sites is 1. The molecule has 0 fully saturated rings. The molecular formula is C22H19ClN2O3. The van der Waals surface area contributed by atoms with E-state index in [9.17, 15) is 9.59 Å². The molecule has 0 bridgehead atoms. The maximum atomic E-state index is 12.9. The Balaban J connectivity index is 1.51. The largest absolute Gasteiger partial charge is 0.492 e. The van der Waals surface area contributed by atoms with Crippen LogP contribution in [0.25, 0.3) is 10.8 Å². The number of nitrogens with zero attached hydrogens (tertiary/aromatic N) is 1. The van der Waals surface area contributed by atoms with E-state index in [4.69, 9.17) is 16.3 Å². The fraction of sp³-hybridized carbons (Fsp3) is 0.182. The average molecular weight is 395 g/mol. The standard InChI is InChI=1S/C22H19ClN2O3/c1-14(26)24-20-18-7-4-8-19(23)21(18)25(22(20)27)11-12-28-17-10-9-15-5-2-3-6-16(15)13-17/h2-10,13,20H,11-12H2,1H3,(H,24,26). The second-order valence-corrected chi connectivity index (χ2v) is 7.07. The lowest BCUT2D eigenvalue weighted by Gasteiger charge is -2.19. The van der Waals surface area contributed by atoms with Crippen LogP contribution in [0.15, 0.2) is 60.7 Å². The van der Waals surface area contributed by atoms with Crippen molar-refractivity contribution in [1.29, 1.82) is 0 Å². The van der Waals surface area contributed by atoms with Gasteiger partial charge in [-0.25, -0.2) is 0 Å². The molecule has 0 saturated carbocycles. The Morgan fingerprint density at radius 3 is 2.68 bits per heavy atom. The summed E-state index contributed by atoms with van der Waals surface area (Å²) < 4.78 is 5.87. The van der Waals surface area contributed by atoms with Gasteiger partial charge in [0.25, 0.3) is 5.91 Å². The van der Waals surface area contributed by atoms with E-state index >= 15 is 0 Å². The Hall–Kier alpha value is -3.05. The zero-order valence-corrected chi connectivity index (χ0v) is 16.1. The van der Waals surface area contributed by atoms with Crippen LogP contribution in [0.3, 0.4) is 0 Å². The van der Waals surface area contributed by atoms with E-state index in [2.05, 4.69) is 5.32 Å². The summed E-state index contributed by atoms with van der Waals surface area (Å²) in [5.41, 5.74) is 1.34. The van der Waals surface area contributed by atoms with Crippen molar-refractivity contribution in [2.45, 2.75) is 13.0 Å². The van der Waals surface area contributed by atoms with Gasteiger partial charge in [0.15, 0.2) is 0 Å².